The number of rotatable bonds is 3. The molecular weight excluding hydrogens is 200 g/mol. The fourth-order valence-electron chi connectivity index (χ4n) is 1.60. The number of nitrogens with one attached hydrogen (secondary N) is 1. The zero-order valence-electron chi connectivity index (χ0n) is 8.88. The van der Waals surface area contributed by atoms with Gasteiger partial charge in [-0.3, -0.25) is 5.41 Å². The molecule has 0 aliphatic rings. The lowest BCUT2D eigenvalue weighted by Gasteiger charge is -2.13. The Kier molecular flexibility index (Phi) is 3.17. The summed E-state index contributed by atoms with van der Waals surface area (Å²) in [6.07, 6.45) is 1.23. The van der Waals surface area contributed by atoms with Crippen molar-refractivity contribution >= 4 is 0 Å². The van der Waals surface area contributed by atoms with Gasteiger partial charge >= 0.3 is 0 Å². The third-order valence-corrected chi connectivity index (χ3v) is 2.49. The number of pyridine rings is 1. The van der Waals surface area contributed by atoms with Gasteiger partial charge in [-0.15, -0.1) is 0 Å². The van der Waals surface area contributed by atoms with E-state index in [1.165, 1.54) is 0 Å². The zero-order chi connectivity index (χ0) is 11.4. The van der Waals surface area contributed by atoms with Crippen LogP contribution >= 0.6 is 0 Å². The van der Waals surface area contributed by atoms with Crippen molar-refractivity contribution in [2.75, 3.05) is 0 Å². The second-order valence-corrected chi connectivity index (χ2v) is 3.66. The highest BCUT2D eigenvalue weighted by molar-refractivity contribution is 5.17. The molecule has 3 heteroatoms. The van der Waals surface area contributed by atoms with E-state index in [2.05, 4.69) is 0 Å². The molecule has 82 valence electrons. The summed E-state index contributed by atoms with van der Waals surface area (Å²) in [5.74, 6) is 0. The number of hydrogen-bond acceptors (Lipinski definition) is 2. The molecule has 2 rings (SSSR count). The molecule has 0 amide bonds. The minimum atomic E-state index is -0.572. The zero-order valence-corrected chi connectivity index (χ0v) is 8.88. The van der Waals surface area contributed by atoms with E-state index in [-0.39, 0.29) is 0 Å². The van der Waals surface area contributed by atoms with Crippen LogP contribution in [0.4, 0.5) is 0 Å². The van der Waals surface area contributed by atoms with E-state index in [1.807, 2.05) is 42.5 Å². The second-order valence-electron chi connectivity index (χ2n) is 3.66. The molecule has 0 saturated heterocycles. The van der Waals surface area contributed by atoms with E-state index in [0.29, 0.717) is 12.0 Å². The van der Waals surface area contributed by atoms with Crippen LogP contribution in [0.25, 0.3) is 0 Å². The summed E-state index contributed by atoms with van der Waals surface area (Å²) in [7, 11) is 0. The first kappa shape index (κ1) is 10.6. The SMILES string of the molecule is N=c1ccccn1C[C@H](O)c1ccccc1. The van der Waals surface area contributed by atoms with Gasteiger partial charge in [0.05, 0.1) is 12.6 Å². The average Bonchev–Trinajstić information content (AvgIpc) is 2.33. The Balaban J connectivity index is 2.17. The maximum absolute atomic E-state index is 9.99. The minimum absolute atomic E-state index is 0.400. The fourth-order valence-corrected chi connectivity index (χ4v) is 1.60. The van der Waals surface area contributed by atoms with Crippen molar-refractivity contribution in [3.63, 3.8) is 0 Å². The molecule has 0 saturated carbocycles. The van der Waals surface area contributed by atoms with Gasteiger partial charge in [-0.05, 0) is 17.7 Å². The number of aliphatic hydroxyl groups is 1. The Bertz CT molecular complexity index is 505. The van der Waals surface area contributed by atoms with Crippen molar-refractivity contribution in [1.82, 2.24) is 4.57 Å². The van der Waals surface area contributed by atoms with Crippen LogP contribution in [0.2, 0.25) is 0 Å². The van der Waals surface area contributed by atoms with Gasteiger partial charge in [-0.25, -0.2) is 0 Å². The predicted octanol–water partition coefficient (Wildman–Crippen LogP) is 1.70. The highest BCUT2D eigenvalue weighted by atomic mass is 16.3. The molecule has 0 fully saturated rings. The van der Waals surface area contributed by atoms with Crippen LogP contribution in [0.15, 0.2) is 54.7 Å². The Morgan fingerprint density at radius 2 is 1.75 bits per heavy atom. The van der Waals surface area contributed by atoms with Crippen LogP contribution in [0.3, 0.4) is 0 Å². The Labute approximate surface area is 94.1 Å². The minimum Gasteiger partial charge on any atom is -0.387 e. The van der Waals surface area contributed by atoms with E-state index >= 15 is 0 Å². The Hall–Kier alpha value is -1.87. The lowest BCUT2D eigenvalue weighted by molar-refractivity contribution is 0.154. The van der Waals surface area contributed by atoms with Gasteiger partial charge in [0, 0.05) is 6.20 Å². The van der Waals surface area contributed by atoms with Gasteiger partial charge < -0.3 is 9.67 Å². The summed E-state index contributed by atoms with van der Waals surface area (Å²) in [6, 6.07) is 14.9. The molecule has 0 spiro atoms. The summed E-state index contributed by atoms with van der Waals surface area (Å²) in [6.45, 7) is 0.406. The molecule has 2 aromatic rings. The van der Waals surface area contributed by atoms with Crippen LogP contribution < -0.4 is 5.49 Å². The first-order valence-corrected chi connectivity index (χ1v) is 5.20. The van der Waals surface area contributed by atoms with E-state index < -0.39 is 6.10 Å². The maximum Gasteiger partial charge on any atom is 0.124 e. The Morgan fingerprint density at radius 1 is 1.06 bits per heavy atom. The number of nitrogens with zero attached hydrogens (tertiary/aromatic N) is 1. The number of aliphatic hydroxyl groups excluding tert-OH is 1. The predicted molar refractivity (Wildman–Crippen MR) is 61.7 cm³/mol. The number of hydrogen-bond donors (Lipinski definition) is 2. The van der Waals surface area contributed by atoms with E-state index in [0.717, 1.165) is 5.56 Å². The Morgan fingerprint density at radius 3 is 2.44 bits per heavy atom. The van der Waals surface area contributed by atoms with Gasteiger partial charge in [0.2, 0.25) is 0 Å². The van der Waals surface area contributed by atoms with Crippen molar-refractivity contribution in [1.29, 1.82) is 5.41 Å². The standard InChI is InChI=1S/C13H14N2O/c14-13-8-4-5-9-15(13)10-12(16)11-6-2-1-3-7-11/h1-9,12,14,16H,10H2/t12-/m0/s1. The lowest BCUT2D eigenvalue weighted by atomic mass is 10.1. The smallest absolute Gasteiger partial charge is 0.124 e. The first-order valence-electron chi connectivity index (χ1n) is 5.20. The average molecular weight is 214 g/mol. The highest BCUT2D eigenvalue weighted by Crippen LogP contribution is 2.13. The van der Waals surface area contributed by atoms with Crippen LogP contribution in [0, 0.1) is 5.41 Å². The van der Waals surface area contributed by atoms with Crippen LogP contribution in [-0.4, -0.2) is 9.67 Å². The van der Waals surface area contributed by atoms with Gasteiger partial charge in [0.15, 0.2) is 0 Å². The quantitative estimate of drug-likeness (QED) is 0.802. The molecule has 0 bridgehead atoms. The second kappa shape index (κ2) is 4.77. The number of aromatic nitrogens is 1. The van der Waals surface area contributed by atoms with Crippen molar-refractivity contribution < 1.29 is 5.11 Å². The van der Waals surface area contributed by atoms with Gasteiger partial charge in [-0.2, -0.15) is 0 Å². The number of benzene rings is 1. The summed E-state index contributed by atoms with van der Waals surface area (Å²) in [5.41, 5.74) is 1.27. The maximum atomic E-state index is 9.99. The van der Waals surface area contributed by atoms with Crippen molar-refractivity contribution in [2.24, 2.45) is 0 Å². The van der Waals surface area contributed by atoms with Crippen LogP contribution in [0.5, 0.6) is 0 Å². The van der Waals surface area contributed by atoms with Gasteiger partial charge in [0.25, 0.3) is 0 Å². The summed E-state index contributed by atoms with van der Waals surface area (Å²) >= 11 is 0. The molecule has 0 aliphatic carbocycles. The molecule has 1 atom stereocenters. The van der Waals surface area contributed by atoms with Crippen molar-refractivity contribution in [3.8, 4) is 0 Å². The normalized spacial score (nSPS) is 12.3. The largest absolute Gasteiger partial charge is 0.387 e. The van der Waals surface area contributed by atoms with Gasteiger partial charge in [0.1, 0.15) is 5.49 Å². The molecular formula is C13H14N2O. The third-order valence-electron chi connectivity index (χ3n) is 2.49. The molecule has 0 unspecified atom stereocenters. The summed E-state index contributed by atoms with van der Waals surface area (Å²) in [5, 5.41) is 17.7. The molecule has 3 nitrogen and oxygen atoms in total. The van der Waals surface area contributed by atoms with Crippen molar-refractivity contribution in [3.05, 3.63) is 65.8 Å². The van der Waals surface area contributed by atoms with E-state index in [1.54, 1.807) is 16.8 Å². The molecule has 2 N–H and O–H groups in total. The topological polar surface area (TPSA) is 49.0 Å². The molecule has 1 aromatic carbocycles. The molecule has 16 heavy (non-hydrogen) atoms. The lowest BCUT2D eigenvalue weighted by Crippen LogP contribution is -2.21. The molecule has 1 aromatic heterocycles. The summed E-state index contributed by atoms with van der Waals surface area (Å²) < 4.78 is 1.72. The van der Waals surface area contributed by atoms with Crippen LogP contribution in [-0.2, 0) is 6.54 Å². The molecule has 0 aliphatic heterocycles. The first-order chi connectivity index (χ1) is 7.77. The van der Waals surface area contributed by atoms with Gasteiger partial charge in [-0.1, -0.05) is 36.4 Å². The van der Waals surface area contributed by atoms with E-state index in [9.17, 15) is 5.11 Å². The third kappa shape index (κ3) is 2.38. The monoisotopic (exact) mass is 214 g/mol. The fraction of sp³-hybridized carbons (Fsp3) is 0.154. The van der Waals surface area contributed by atoms with Crippen molar-refractivity contribution in [2.45, 2.75) is 12.6 Å². The molecule has 1 heterocycles. The summed E-state index contributed by atoms with van der Waals surface area (Å²) in [4.78, 5) is 0. The van der Waals surface area contributed by atoms with Crippen LogP contribution in [0.1, 0.15) is 11.7 Å². The highest BCUT2D eigenvalue weighted by Gasteiger charge is 2.06. The molecule has 0 radical (unpaired) electrons. The van der Waals surface area contributed by atoms with E-state index in [4.69, 9.17) is 5.41 Å².